The van der Waals surface area contributed by atoms with E-state index in [1.165, 1.54) is 38.8 Å². The van der Waals surface area contributed by atoms with Crippen molar-refractivity contribution >= 4 is 10.9 Å². The summed E-state index contributed by atoms with van der Waals surface area (Å²) in [5, 5.41) is 5.96. The summed E-state index contributed by atoms with van der Waals surface area (Å²) in [6.45, 7) is 7.24. The number of hydrogen-bond donors (Lipinski definition) is 0. The molecule has 0 fully saturated rings. The van der Waals surface area contributed by atoms with Crippen LogP contribution in [0.5, 0.6) is 0 Å². The summed E-state index contributed by atoms with van der Waals surface area (Å²) in [5.41, 5.74) is 8.81. The highest BCUT2D eigenvalue weighted by Crippen LogP contribution is 2.34. The van der Waals surface area contributed by atoms with Crippen LogP contribution in [0.25, 0.3) is 22.0 Å². The smallest absolute Gasteiger partial charge is 0.100 e. The lowest BCUT2D eigenvalue weighted by Crippen LogP contribution is -1.97. The highest BCUT2D eigenvalue weighted by molar-refractivity contribution is 5.97. The summed E-state index contributed by atoms with van der Waals surface area (Å²) in [7, 11) is 3.73. The van der Waals surface area contributed by atoms with Crippen LogP contribution in [0.3, 0.4) is 0 Å². The molecule has 23 heavy (non-hydrogen) atoms. The molecule has 0 unspecified atom stereocenters. The van der Waals surface area contributed by atoms with E-state index in [-0.39, 0.29) is 0 Å². The van der Waals surface area contributed by atoms with Crippen molar-refractivity contribution in [2.75, 3.05) is 13.7 Å². The zero-order chi connectivity index (χ0) is 16.6. The molecule has 0 bridgehead atoms. The maximum atomic E-state index is 5.24. The number of benzene rings is 2. The Morgan fingerprint density at radius 3 is 2.43 bits per heavy atom. The van der Waals surface area contributed by atoms with E-state index in [2.05, 4.69) is 51.2 Å². The fourth-order valence-corrected chi connectivity index (χ4v) is 3.51. The Kier molecular flexibility index (Phi) is 4.22. The fourth-order valence-electron chi connectivity index (χ4n) is 3.51. The van der Waals surface area contributed by atoms with Gasteiger partial charge in [-0.15, -0.1) is 0 Å². The van der Waals surface area contributed by atoms with Crippen molar-refractivity contribution in [2.24, 2.45) is 7.05 Å². The van der Waals surface area contributed by atoms with Crippen LogP contribution in [0.1, 0.15) is 22.3 Å². The van der Waals surface area contributed by atoms with Gasteiger partial charge in [-0.05, 0) is 49.4 Å². The molecule has 3 rings (SSSR count). The molecule has 0 aliphatic heterocycles. The second kappa shape index (κ2) is 6.17. The molecule has 0 aliphatic carbocycles. The van der Waals surface area contributed by atoms with E-state index in [1.54, 1.807) is 7.11 Å². The van der Waals surface area contributed by atoms with Crippen LogP contribution in [0.15, 0.2) is 30.5 Å². The van der Waals surface area contributed by atoms with Crippen LogP contribution < -0.4 is 0 Å². The molecule has 0 amide bonds. The third kappa shape index (κ3) is 2.89. The Labute approximate surface area is 137 Å². The maximum absolute atomic E-state index is 5.24. The number of aryl methyl sites for hydroxylation is 4. The highest BCUT2D eigenvalue weighted by Gasteiger charge is 2.15. The number of rotatable bonds is 4. The van der Waals surface area contributed by atoms with Crippen LogP contribution in [0.4, 0.5) is 0 Å². The van der Waals surface area contributed by atoms with Gasteiger partial charge in [0.15, 0.2) is 0 Å². The molecule has 120 valence electrons. The monoisotopic (exact) mass is 308 g/mol. The van der Waals surface area contributed by atoms with Gasteiger partial charge in [-0.3, -0.25) is 4.68 Å². The predicted molar refractivity (Wildman–Crippen MR) is 95.9 cm³/mol. The SMILES string of the molecule is COCCc1ccc(-c2c(C)cc(C)cc2C)c2nn(C)cc12. The molecule has 3 aromatic rings. The Morgan fingerprint density at radius 2 is 1.78 bits per heavy atom. The molecule has 0 aliphatic rings. The highest BCUT2D eigenvalue weighted by atomic mass is 16.5. The van der Waals surface area contributed by atoms with E-state index in [0.29, 0.717) is 0 Å². The number of ether oxygens (including phenoxy) is 1. The molecule has 0 atom stereocenters. The topological polar surface area (TPSA) is 27.1 Å². The van der Waals surface area contributed by atoms with E-state index in [0.717, 1.165) is 18.5 Å². The Balaban J connectivity index is 2.24. The molecule has 0 saturated carbocycles. The van der Waals surface area contributed by atoms with Gasteiger partial charge in [-0.2, -0.15) is 5.10 Å². The van der Waals surface area contributed by atoms with Crippen LogP contribution >= 0.6 is 0 Å². The zero-order valence-corrected chi connectivity index (χ0v) is 14.6. The quantitative estimate of drug-likeness (QED) is 0.716. The first-order chi connectivity index (χ1) is 11.0. The standard InChI is InChI=1S/C20H24N2O/c1-13-10-14(2)19(15(3)11-13)17-7-6-16(8-9-23-5)18-12-22(4)21-20(17)18/h6-7,10-12H,8-9H2,1-5H3. The second-order valence-corrected chi connectivity index (χ2v) is 6.35. The minimum Gasteiger partial charge on any atom is -0.384 e. The Bertz CT molecular complexity index is 838. The van der Waals surface area contributed by atoms with E-state index in [4.69, 9.17) is 9.84 Å². The van der Waals surface area contributed by atoms with Crippen molar-refractivity contribution < 1.29 is 4.74 Å². The molecule has 0 spiro atoms. The maximum Gasteiger partial charge on any atom is 0.100 e. The number of methoxy groups -OCH3 is 1. The molecular formula is C20H24N2O. The van der Waals surface area contributed by atoms with Crippen molar-refractivity contribution in [1.82, 2.24) is 9.78 Å². The number of hydrogen-bond acceptors (Lipinski definition) is 2. The minimum absolute atomic E-state index is 0.728. The van der Waals surface area contributed by atoms with Gasteiger partial charge in [-0.1, -0.05) is 29.8 Å². The first-order valence-electron chi connectivity index (χ1n) is 8.03. The van der Waals surface area contributed by atoms with Gasteiger partial charge in [0.1, 0.15) is 5.52 Å². The van der Waals surface area contributed by atoms with Crippen molar-refractivity contribution in [3.8, 4) is 11.1 Å². The molecule has 1 heterocycles. The van der Waals surface area contributed by atoms with Crippen LogP contribution in [-0.4, -0.2) is 23.5 Å². The van der Waals surface area contributed by atoms with Crippen molar-refractivity contribution in [2.45, 2.75) is 27.2 Å². The third-order valence-electron chi connectivity index (χ3n) is 4.40. The van der Waals surface area contributed by atoms with Gasteiger partial charge in [0, 0.05) is 31.3 Å². The van der Waals surface area contributed by atoms with Gasteiger partial charge >= 0.3 is 0 Å². The number of fused-ring (bicyclic) bond motifs is 1. The Morgan fingerprint density at radius 1 is 1.09 bits per heavy atom. The van der Waals surface area contributed by atoms with E-state index >= 15 is 0 Å². The summed E-state index contributed by atoms with van der Waals surface area (Å²) >= 11 is 0. The molecule has 3 nitrogen and oxygen atoms in total. The predicted octanol–water partition coefficient (Wildman–Crippen LogP) is 4.35. The van der Waals surface area contributed by atoms with Crippen molar-refractivity contribution in [1.29, 1.82) is 0 Å². The summed E-state index contributed by atoms with van der Waals surface area (Å²) in [5.74, 6) is 0. The van der Waals surface area contributed by atoms with Crippen LogP contribution in [0, 0.1) is 20.8 Å². The molecule has 1 aromatic heterocycles. The Hall–Kier alpha value is -2.13. The zero-order valence-electron chi connectivity index (χ0n) is 14.6. The summed E-state index contributed by atoms with van der Waals surface area (Å²) in [6, 6.07) is 8.92. The summed E-state index contributed by atoms with van der Waals surface area (Å²) in [6.07, 6.45) is 3.02. The van der Waals surface area contributed by atoms with Crippen molar-refractivity contribution in [3.63, 3.8) is 0 Å². The molecular weight excluding hydrogens is 284 g/mol. The fraction of sp³-hybridized carbons (Fsp3) is 0.350. The second-order valence-electron chi connectivity index (χ2n) is 6.35. The van der Waals surface area contributed by atoms with Crippen LogP contribution in [-0.2, 0) is 18.2 Å². The normalized spacial score (nSPS) is 11.3. The molecule has 2 aromatic carbocycles. The molecule has 3 heteroatoms. The third-order valence-corrected chi connectivity index (χ3v) is 4.40. The lowest BCUT2D eigenvalue weighted by atomic mass is 9.91. The van der Waals surface area contributed by atoms with Gasteiger partial charge in [0.05, 0.1) is 6.61 Å². The number of nitrogens with zero attached hydrogens (tertiary/aromatic N) is 2. The molecule has 0 saturated heterocycles. The van der Waals surface area contributed by atoms with Gasteiger partial charge in [0.2, 0.25) is 0 Å². The van der Waals surface area contributed by atoms with Gasteiger partial charge in [0.25, 0.3) is 0 Å². The average molecular weight is 308 g/mol. The number of aromatic nitrogens is 2. The van der Waals surface area contributed by atoms with Gasteiger partial charge < -0.3 is 4.74 Å². The van der Waals surface area contributed by atoms with E-state index in [1.807, 2.05) is 11.7 Å². The first-order valence-corrected chi connectivity index (χ1v) is 8.03. The van der Waals surface area contributed by atoms with Crippen LogP contribution in [0.2, 0.25) is 0 Å². The van der Waals surface area contributed by atoms with Crippen molar-refractivity contribution in [3.05, 3.63) is 52.7 Å². The lowest BCUT2D eigenvalue weighted by Gasteiger charge is -2.13. The molecule has 0 radical (unpaired) electrons. The van der Waals surface area contributed by atoms with Gasteiger partial charge in [-0.25, -0.2) is 0 Å². The largest absolute Gasteiger partial charge is 0.384 e. The van der Waals surface area contributed by atoms with E-state index in [9.17, 15) is 0 Å². The first kappa shape index (κ1) is 15.8. The molecule has 0 N–H and O–H groups in total. The minimum atomic E-state index is 0.728. The van der Waals surface area contributed by atoms with E-state index < -0.39 is 0 Å². The lowest BCUT2D eigenvalue weighted by molar-refractivity contribution is 0.202. The average Bonchev–Trinajstić information content (AvgIpc) is 2.87. The summed E-state index contributed by atoms with van der Waals surface area (Å²) in [4.78, 5) is 0. The summed E-state index contributed by atoms with van der Waals surface area (Å²) < 4.78 is 7.15.